The van der Waals surface area contributed by atoms with Gasteiger partial charge in [-0.15, -0.1) is 0 Å². The molecular weight excluding hydrogens is 274 g/mol. The molecule has 0 saturated carbocycles. The maximum absolute atomic E-state index is 12.8. The molecule has 4 nitrogen and oxygen atoms in total. The van der Waals surface area contributed by atoms with E-state index in [1.54, 1.807) is 0 Å². The summed E-state index contributed by atoms with van der Waals surface area (Å²) >= 11 is 0. The van der Waals surface area contributed by atoms with Crippen LogP contribution in [-0.2, 0) is 11.3 Å². The Balaban J connectivity index is 1.73. The highest BCUT2D eigenvalue weighted by Gasteiger charge is 2.38. The van der Waals surface area contributed by atoms with Crippen LogP contribution in [0.1, 0.15) is 31.7 Å². The van der Waals surface area contributed by atoms with E-state index in [1.165, 1.54) is 24.1 Å². The van der Waals surface area contributed by atoms with Gasteiger partial charge in [0.15, 0.2) is 0 Å². The van der Waals surface area contributed by atoms with Gasteiger partial charge < -0.3 is 15.1 Å². The Morgan fingerprint density at radius 1 is 1.32 bits per heavy atom. The maximum Gasteiger partial charge on any atom is 0.229 e. The summed E-state index contributed by atoms with van der Waals surface area (Å²) in [5.74, 6) is 0.258. The number of amides is 1. The summed E-state index contributed by atoms with van der Waals surface area (Å²) in [6, 6.07) is 8.53. The van der Waals surface area contributed by atoms with Crippen LogP contribution >= 0.6 is 0 Å². The van der Waals surface area contributed by atoms with Crippen LogP contribution in [0.5, 0.6) is 0 Å². The summed E-state index contributed by atoms with van der Waals surface area (Å²) in [7, 11) is 1.94. The van der Waals surface area contributed by atoms with Crippen molar-refractivity contribution in [2.75, 3.05) is 38.1 Å². The lowest BCUT2D eigenvalue weighted by Gasteiger charge is -2.30. The maximum atomic E-state index is 12.8. The van der Waals surface area contributed by atoms with E-state index in [2.05, 4.69) is 41.4 Å². The van der Waals surface area contributed by atoms with E-state index in [0.717, 1.165) is 32.6 Å². The molecule has 1 amide bonds. The van der Waals surface area contributed by atoms with E-state index in [-0.39, 0.29) is 11.3 Å². The van der Waals surface area contributed by atoms with Gasteiger partial charge in [0, 0.05) is 38.9 Å². The summed E-state index contributed by atoms with van der Waals surface area (Å²) < 4.78 is 0. The first kappa shape index (κ1) is 15.3. The minimum absolute atomic E-state index is 0.239. The number of hydrogen-bond donors (Lipinski definition) is 1. The van der Waals surface area contributed by atoms with Crippen LogP contribution in [0.2, 0.25) is 0 Å². The van der Waals surface area contributed by atoms with Gasteiger partial charge in [-0.2, -0.15) is 0 Å². The molecule has 3 rings (SSSR count). The van der Waals surface area contributed by atoms with Gasteiger partial charge in [-0.05, 0) is 44.4 Å². The molecule has 2 aliphatic rings. The van der Waals surface area contributed by atoms with Gasteiger partial charge in [0.2, 0.25) is 5.91 Å². The van der Waals surface area contributed by atoms with Gasteiger partial charge in [-0.3, -0.25) is 4.79 Å². The van der Waals surface area contributed by atoms with Crippen LogP contribution in [0.4, 0.5) is 5.69 Å². The van der Waals surface area contributed by atoms with Crippen molar-refractivity contribution >= 4 is 11.6 Å². The molecule has 0 radical (unpaired) electrons. The van der Waals surface area contributed by atoms with Crippen molar-refractivity contribution in [1.29, 1.82) is 0 Å². The van der Waals surface area contributed by atoms with E-state index >= 15 is 0 Å². The molecule has 0 unspecified atom stereocenters. The van der Waals surface area contributed by atoms with Crippen molar-refractivity contribution in [2.24, 2.45) is 5.41 Å². The Bertz CT molecular complexity index is 531. The zero-order chi connectivity index (χ0) is 15.6. The van der Waals surface area contributed by atoms with Crippen molar-refractivity contribution in [3.8, 4) is 0 Å². The fourth-order valence-corrected chi connectivity index (χ4v) is 3.70. The standard InChI is InChI=1S/C18H27N3O/c1-18(9-10-19-14-18)17(22)20(2)13-15-7-3-4-8-16(15)21-11-5-6-12-21/h3-4,7-8,19H,5-6,9-14H2,1-2H3/t18-/m0/s1. The van der Waals surface area contributed by atoms with E-state index in [0.29, 0.717) is 6.54 Å². The lowest BCUT2D eigenvalue weighted by Crippen LogP contribution is -2.41. The molecule has 1 aromatic carbocycles. The summed E-state index contributed by atoms with van der Waals surface area (Å²) in [5, 5.41) is 3.31. The van der Waals surface area contributed by atoms with E-state index in [9.17, 15) is 4.79 Å². The SMILES string of the molecule is CN(Cc1ccccc1N1CCCC1)C(=O)[C@@]1(C)CCNC1. The van der Waals surface area contributed by atoms with Crippen molar-refractivity contribution in [1.82, 2.24) is 10.2 Å². The van der Waals surface area contributed by atoms with Gasteiger partial charge in [0.1, 0.15) is 0 Å². The monoisotopic (exact) mass is 301 g/mol. The molecule has 4 heteroatoms. The number of hydrogen-bond acceptors (Lipinski definition) is 3. The van der Waals surface area contributed by atoms with Crippen LogP contribution in [0.3, 0.4) is 0 Å². The number of anilines is 1. The van der Waals surface area contributed by atoms with Crippen LogP contribution in [0, 0.1) is 5.41 Å². The zero-order valence-electron chi connectivity index (χ0n) is 13.8. The second-order valence-electron chi connectivity index (χ2n) is 6.97. The smallest absolute Gasteiger partial charge is 0.229 e. The average molecular weight is 301 g/mol. The van der Waals surface area contributed by atoms with E-state index in [4.69, 9.17) is 0 Å². The number of carbonyl (C=O) groups is 1. The van der Waals surface area contributed by atoms with Crippen LogP contribution in [-0.4, -0.2) is 44.0 Å². The molecule has 1 N–H and O–H groups in total. The number of nitrogens with zero attached hydrogens (tertiary/aromatic N) is 2. The first-order valence-corrected chi connectivity index (χ1v) is 8.39. The second kappa shape index (κ2) is 6.29. The topological polar surface area (TPSA) is 35.6 Å². The predicted octanol–water partition coefficient (Wildman–Crippen LogP) is 2.24. The molecule has 2 heterocycles. The minimum atomic E-state index is -0.239. The molecule has 0 aliphatic carbocycles. The van der Waals surface area contributed by atoms with Crippen molar-refractivity contribution in [2.45, 2.75) is 32.7 Å². The fraction of sp³-hybridized carbons (Fsp3) is 0.611. The number of nitrogens with one attached hydrogen (secondary N) is 1. The third kappa shape index (κ3) is 2.98. The van der Waals surface area contributed by atoms with Gasteiger partial charge in [-0.1, -0.05) is 18.2 Å². The van der Waals surface area contributed by atoms with Crippen molar-refractivity contribution < 1.29 is 4.79 Å². The molecule has 2 aliphatic heterocycles. The summed E-state index contributed by atoms with van der Waals surface area (Å²) in [6.07, 6.45) is 3.48. The summed E-state index contributed by atoms with van der Waals surface area (Å²) in [5.41, 5.74) is 2.32. The molecule has 0 spiro atoms. The molecule has 0 bridgehead atoms. The van der Waals surface area contributed by atoms with Crippen LogP contribution in [0.25, 0.3) is 0 Å². The minimum Gasteiger partial charge on any atom is -0.371 e. The molecule has 2 fully saturated rings. The number of rotatable bonds is 4. The zero-order valence-corrected chi connectivity index (χ0v) is 13.8. The fourth-order valence-electron chi connectivity index (χ4n) is 3.70. The van der Waals surface area contributed by atoms with Gasteiger partial charge in [0.05, 0.1) is 5.41 Å². The van der Waals surface area contributed by atoms with E-state index < -0.39 is 0 Å². The largest absolute Gasteiger partial charge is 0.371 e. The quantitative estimate of drug-likeness (QED) is 0.926. The molecule has 1 atom stereocenters. The first-order chi connectivity index (χ1) is 10.6. The third-order valence-corrected chi connectivity index (χ3v) is 5.08. The summed E-state index contributed by atoms with van der Waals surface area (Å²) in [4.78, 5) is 17.1. The Labute approximate surface area is 133 Å². The highest BCUT2D eigenvalue weighted by molar-refractivity contribution is 5.83. The van der Waals surface area contributed by atoms with Crippen molar-refractivity contribution in [3.63, 3.8) is 0 Å². The molecule has 120 valence electrons. The normalized spacial score (nSPS) is 24.7. The van der Waals surface area contributed by atoms with Gasteiger partial charge in [-0.25, -0.2) is 0 Å². The first-order valence-electron chi connectivity index (χ1n) is 8.39. The Hall–Kier alpha value is -1.55. The number of carbonyl (C=O) groups excluding carboxylic acids is 1. The average Bonchev–Trinajstić information content (AvgIpc) is 3.19. The number of para-hydroxylation sites is 1. The van der Waals surface area contributed by atoms with Gasteiger partial charge >= 0.3 is 0 Å². The van der Waals surface area contributed by atoms with E-state index in [1.807, 2.05) is 11.9 Å². The predicted molar refractivity (Wildman–Crippen MR) is 90.0 cm³/mol. The molecule has 1 aromatic rings. The lowest BCUT2D eigenvalue weighted by atomic mass is 9.88. The third-order valence-electron chi connectivity index (χ3n) is 5.08. The molecule has 2 saturated heterocycles. The van der Waals surface area contributed by atoms with Gasteiger partial charge in [0.25, 0.3) is 0 Å². The number of benzene rings is 1. The Kier molecular flexibility index (Phi) is 4.39. The van der Waals surface area contributed by atoms with Crippen LogP contribution in [0.15, 0.2) is 24.3 Å². The second-order valence-corrected chi connectivity index (χ2v) is 6.97. The lowest BCUT2D eigenvalue weighted by molar-refractivity contribution is -0.139. The van der Waals surface area contributed by atoms with Crippen LogP contribution < -0.4 is 10.2 Å². The summed E-state index contributed by atoms with van der Waals surface area (Å²) in [6.45, 7) is 6.79. The van der Waals surface area contributed by atoms with Crippen molar-refractivity contribution in [3.05, 3.63) is 29.8 Å². The molecule has 0 aromatic heterocycles. The highest BCUT2D eigenvalue weighted by atomic mass is 16.2. The molecule has 22 heavy (non-hydrogen) atoms. The highest BCUT2D eigenvalue weighted by Crippen LogP contribution is 2.29. The molecular formula is C18H27N3O. The Morgan fingerprint density at radius 2 is 2.05 bits per heavy atom. The Morgan fingerprint density at radius 3 is 2.73 bits per heavy atom.